The van der Waals surface area contributed by atoms with Gasteiger partial charge in [0, 0.05) is 6.54 Å². The minimum Gasteiger partial charge on any atom is -0.410 e. The van der Waals surface area contributed by atoms with E-state index in [1.165, 1.54) is 0 Å². The van der Waals surface area contributed by atoms with Crippen LogP contribution in [0.3, 0.4) is 0 Å². The van der Waals surface area contributed by atoms with Crippen LogP contribution in [0.25, 0.3) is 0 Å². The molecule has 0 radical (unpaired) electrons. The average molecular weight is 265 g/mol. The smallest absolute Gasteiger partial charge is 0.410 e. The van der Waals surface area contributed by atoms with E-state index < -0.39 is 12.4 Å². The third-order valence-electron chi connectivity index (χ3n) is 2.80. The van der Waals surface area contributed by atoms with Gasteiger partial charge >= 0.3 is 6.09 Å². The predicted molar refractivity (Wildman–Crippen MR) is 70.0 cm³/mol. The summed E-state index contributed by atoms with van der Waals surface area (Å²) in [6.45, 7) is 3.80. The lowest BCUT2D eigenvalue weighted by atomic mass is 10.2. The molecular weight excluding hydrogens is 246 g/mol. The Labute approximate surface area is 112 Å². The summed E-state index contributed by atoms with van der Waals surface area (Å²) in [6.07, 6.45) is 1.07. The molecule has 0 unspecified atom stereocenters. The summed E-state index contributed by atoms with van der Waals surface area (Å²) in [5.41, 5.74) is 0.741. The quantitative estimate of drug-likeness (QED) is 0.831. The van der Waals surface area contributed by atoms with Gasteiger partial charge in [0.05, 0.1) is 18.8 Å². The van der Waals surface area contributed by atoms with E-state index in [9.17, 15) is 4.79 Å². The molecule has 1 amide bonds. The summed E-state index contributed by atoms with van der Waals surface area (Å²) in [5, 5.41) is 2.71. The van der Waals surface area contributed by atoms with Gasteiger partial charge in [0.1, 0.15) is 5.75 Å². The van der Waals surface area contributed by atoms with Gasteiger partial charge in [-0.3, -0.25) is 0 Å². The summed E-state index contributed by atoms with van der Waals surface area (Å²) in [7, 11) is 0. The van der Waals surface area contributed by atoms with E-state index in [0.717, 1.165) is 18.4 Å². The van der Waals surface area contributed by atoms with Crippen LogP contribution in [0.15, 0.2) is 24.3 Å². The molecule has 0 aromatic heterocycles. The summed E-state index contributed by atoms with van der Waals surface area (Å²) in [4.78, 5) is 11.6. The second-order valence-corrected chi connectivity index (χ2v) is 4.28. The van der Waals surface area contributed by atoms with Crippen LogP contribution in [0.1, 0.15) is 31.6 Å². The number of unbranched alkanes of at least 4 members (excludes halogenated alkanes) is 1. The molecule has 104 valence electrons. The Hall–Kier alpha value is -1.59. The first-order valence-corrected chi connectivity index (χ1v) is 6.59. The van der Waals surface area contributed by atoms with E-state index >= 15 is 0 Å². The van der Waals surface area contributed by atoms with Crippen LogP contribution in [0.2, 0.25) is 0 Å². The molecule has 1 aliphatic heterocycles. The second-order valence-electron chi connectivity index (χ2n) is 4.28. The lowest BCUT2D eigenvalue weighted by Gasteiger charge is -2.14. The maximum absolute atomic E-state index is 11.6. The number of rotatable bonds is 5. The molecule has 1 fully saturated rings. The number of hydrogen-bond acceptors (Lipinski definition) is 4. The van der Waals surface area contributed by atoms with Crippen molar-refractivity contribution < 1.29 is 19.0 Å². The first-order chi connectivity index (χ1) is 9.31. The minimum atomic E-state index is -0.445. The molecule has 1 N–H and O–H groups in total. The van der Waals surface area contributed by atoms with Crippen LogP contribution in [0, 0.1) is 0 Å². The van der Waals surface area contributed by atoms with E-state index in [-0.39, 0.29) is 0 Å². The molecule has 19 heavy (non-hydrogen) atoms. The van der Waals surface area contributed by atoms with Gasteiger partial charge in [-0.05, 0) is 12.5 Å². The average Bonchev–Trinajstić information content (AvgIpc) is 2.93. The van der Waals surface area contributed by atoms with Crippen molar-refractivity contribution in [1.29, 1.82) is 0 Å². The molecule has 1 aliphatic rings. The number of hydrogen-bond donors (Lipinski definition) is 1. The van der Waals surface area contributed by atoms with Crippen molar-refractivity contribution in [3.05, 3.63) is 29.8 Å². The summed E-state index contributed by atoms with van der Waals surface area (Å²) < 4.78 is 16.1. The maximum atomic E-state index is 11.6. The number of amides is 1. The van der Waals surface area contributed by atoms with Gasteiger partial charge in [0.25, 0.3) is 0 Å². The van der Waals surface area contributed by atoms with Crippen molar-refractivity contribution in [1.82, 2.24) is 5.32 Å². The van der Waals surface area contributed by atoms with Crippen molar-refractivity contribution in [3.8, 4) is 5.75 Å². The number of ether oxygens (including phenoxy) is 3. The van der Waals surface area contributed by atoms with Crippen molar-refractivity contribution in [2.45, 2.75) is 26.1 Å². The van der Waals surface area contributed by atoms with E-state index in [2.05, 4.69) is 12.2 Å². The first kappa shape index (κ1) is 13.8. The Kier molecular flexibility index (Phi) is 5.18. The van der Waals surface area contributed by atoms with Gasteiger partial charge in [-0.25, -0.2) is 4.79 Å². The number of nitrogens with one attached hydrogen (secondary N) is 1. The normalized spacial score (nSPS) is 15.4. The summed E-state index contributed by atoms with van der Waals surface area (Å²) in [6, 6.07) is 7.25. The molecule has 1 aromatic rings. The summed E-state index contributed by atoms with van der Waals surface area (Å²) in [5.74, 6) is 0.475. The van der Waals surface area contributed by atoms with Crippen molar-refractivity contribution in [2.24, 2.45) is 0 Å². The van der Waals surface area contributed by atoms with Crippen molar-refractivity contribution in [2.75, 3.05) is 19.8 Å². The second kappa shape index (κ2) is 7.11. The highest BCUT2D eigenvalue weighted by molar-refractivity contribution is 5.70. The van der Waals surface area contributed by atoms with Gasteiger partial charge in [-0.1, -0.05) is 31.5 Å². The third kappa shape index (κ3) is 3.94. The van der Waals surface area contributed by atoms with Gasteiger partial charge in [-0.2, -0.15) is 0 Å². The Morgan fingerprint density at radius 2 is 2.11 bits per heavy atom. The molecule has 5 heteroatoms. The number of carbonyl (C=O) groups excluding carboxylic acids is 1. The monoisotopic (exact) mass is 265 g/mol. The molecule has 1 saturated heterocycles. The van der Waals surface area contributed by atoms with Crippen LogP contribution in [-0.2, 0) is 9.47 Å². The van der Waals surface area contributed by atoms with Gasteiger partial charge in [0.15, 0.2) is 6.29 Å². The molecular formula is C14H19NO4. The molecule has 1 aromatic carbocycles. The number of benzene rings is 1. The number of carbonyl (C=O) groups is 1. The fourth-order valence-electron chi connectivity index (χ4n) is 1.81. The van der Waals surface area contributed by atoms with Crippen molar-refractivity contribution >= 4 is 6.09 Å². The Bertz CT molecular complexity index is 416. The Morgan fingerprint density at radius 1 is 1.37 bits per heavy atom. The number of para-hydroxylation sites is 1. The van der Waals surface area contributed by atoms with Gasteiger partial charge < -0.3 is 19.5 Å². The third-order valence-corrected chi connectivity index (χ3v) is 2.80. The zero-order valence-electron chi connectivity index (χ0n) is 11.1. The molecule has 0 bridgehead atoms. The fraction of sp³-hybridized carbons (Fsp3) is 0.500. The zero-order valence-corrected chi connectivity index (χ0v) is 11.1. The van der Waals surface area contributed by atoms with Crippen LogP contribution < -0.4 is 10.1 Å². The van der Waals surface area contributed by atoms with Crippen LogP contribution in [-0.4, -0.2) is 25.9 Å². The van der Waals surface area contributed by atoms with Crippen LogP contribution in [0.5, 0.6) is 5.75 Å². The standard InChI is InChI=1S/C14H19NO4/c1-2-3-8-15-14(16)19-12-7-5-4-6-11(12)13-17-9-10-18-13/h4-7,13H,2-3,8-10H2,1H3,(H,15,16). The van der Waals surface area contributed by atoms with Crippen LogP contribution in [0.4, 0.5) is 4.79 Å². The highest BCUT2D eigenvalue weighted by Gasteiger charge is 2.22. The van der Waals surface area contributed by atoms with Crippen molar-refractivity contribution in [3.63, 3.8) is 0 Å². The molecule has 0 saturated carbocycles. The highest BCUT2D eigenvalue weighted by atomic mass is 16.7. The molecule has 2 rings (SSSR count). The largest absolute Gasteiger partial charge is 0.412 e. The molecule has 5 nitrogen and oxygen atoms in total. The summed E-state index contributed by atoms with van der Waals surface area (Å²) >= 11 is 0. The molecule has 0 spiro atoms. The first-order valence-electron chi connectivity index (χ1n) is 6.59. The highest BCUT2D eigenvalue weighted by Crippen LogP contribution is 2.30. The molecule has 0 aliphatic carbocycles. The topological polar surface area (TPSA) is 56.8 Å². The van der Waals surface area contributed by atoms with E-state index in [1.807, 2.05) is 18.2 Å². The van der Waals surface area contributed by atoms with Crippen LogP contribution >= 0.6 is 0 Å². The lowest BCUT2D eigenvalue weighted by Crippen LogP contribution is -2.28. The Morgan fingerprint density at radius 3 is 2.84 bits per heavy atom. The SMILES string of the molecule is CCCCNC(=O)Oc1ccccc1C1OCCO1. The van der Waals surface area contributed by atoms with Gasteiger partial charge in [0.2, 0.25) is 0 Å². The van der Waals surface area contributed by atoms with Gasteiger partial charge in [-0.15, -0.1) is 0 Å². The lowest BCUT2D eigenvalue weighted by molar-refractivity contribution is -0.0452. The van der Waals surface area contributed by atoms with E-state index in [0.29, 0.717) is 25.5 Å². The van der Waals surface area contributed by atoms with E-state index in [1.54, 1.807) is 6.07 Å². The molecule has 1 heterocycles. The predicted octanol–water partition coefficient (Wildman–Crippen LogP) is 2.62. The fourth-order valence-corrected chi connectivity index (χ4v) is 1.81. The van der Waals surface area contributed by atoms with E-state index in [4.69, 9.17) is 14.2 Å². The maximum Gasteiger partial charge on any atom is 0.412 e. The molecule has 0 atom stereocenters. The minimum absolute atomic E-state index is 0.445. The zero-order chi connectivity index (χ0) is 13.5. The Balaban J connectivity index is 1.97.